The second-order valence-corrected chi connectivity index (χ2v) is 4.19. The summed E-state index contributed by atoms with van der Waals surface area (Å²) in [7, 11) is 0. The van der Waals surface area contributed by atoms with Crippen molar-refractivity contribution in [2.24, 2.45) is 0 Å². The van der Waals surface area contributed by atoms with Gasteiger partial charge in [-0.15, -0.1) is 0 Å². The van der Waals surface area contributed by atoms with Crippen molar-refractivity contribution in [1.29, 1.82) is 0 Å². The van der Waals surface area contributed by atoms with Crippen molar-refractivity contribution in [1.82, 2.24) is 4.98 Å². The normalized spacial score (nSPS) is 11.0. The fourth-order valence-electron chi connectivity index (χ4n) is 1.57. The highest BCUT2D eigenvalue weighted by Crippen LogP contribution is 2.29. The molecular weight excluding hydrogens is 303 g/mol. The monoisotopic (exact) mass is 311 g/mol. The standard InChI is InChI=1S/C13H8F3N3O3/c14-13(15,16)8-1-3-9(4-2-8)18-12(20)11-6-5-10(7-17-11)19(21)22/h1-7H,(H,18,20). The second kappa shape index (κ2) is 5.80. The van der Waals surface area contributed by atoms with Gasteiger partial charge in [0.15, 0.2) is 0 Å². The fourth-order valence-corrected chi connectivity index (χ4v) is 1.57. The summed E-state index contributed by atoms with van der Waals surface area (Å²) < 4.78 is 37.2. The lowest BCUT2D eigenvalue weighted by molar-refractivity contribution is -0.385. The van der Waals surface area contributed by atoms with Crippen molar-refractivity contribution in [2.75, 3.05) is 5.32 Å². The summed E-state index contributed by atoms with van der Waals surface area (Å²) in [6, 6.07) is 6.13. The Morgan fingerprint density at radius 1 is 1.14 bits per heavy atom. The van der Waals surface area contributed by atoms with E-state index in [4.69, 9.17) is 0 Å². The van der Waals surface area contributed by atoms with Crippen molar-refractivity contribution >= 4 is 17.3 Å². The molecule has 0 saturated heterocycles. The maximum atomic E-state index is 12.4. The van der Waals surface area contributed by atoms with Gasteiger partial charge in [0.25, 0.3) is 11.6 Å². The van der Waals surface area contributed by atoms with Gasteiger partial charge in [0, 0.05) is 11.8 Å². The van der Waals surface area contributed by atoms with Gasteiger partial charge in [-0.3, -0.25) is 14.9 Å². The van der Waals surface area contributed by atoms with Crippen LogP contribution in [0.4, 0.5) is 24.5 Å². The highest BCUT2D eigenvalue weighted by molar-refractivity contribution is 6.02. The summed E-state index contributed by atoms with van der Waals surface area (Å²) in [5, 5.41) is 12.8. The van der Waals surface area contributed by atoms with E-state index in [1.807, 2.05) is 0 Å². The number of nitro groups is 1. The van der Waals surface area contributed by atoms with Gasteiger partial charge in [-0.25, -0.2) is 4.98 Å². The van der Waals surface area contributed by atoms with Gasteiger partial charge >= 0.3 is 6.18 Å². The molecule has 1 amide bonds. The first-order chi connectivity index (χ1) is 10.3. The number of rotatable bonds is 3. The van der Waals surface area contributed by atoms with E-state index in [9.17, 15) is 28.1 Å². The third kappa shape index (κ3) is 3.57. The van der Waals surface area contributed by atoms with Crippen LogP contribution in [-0.4, -0.2) is 15.8 Å². The van der Waals surface area contributed by atoms with Crippen LogP contribution in [0.2, 0.25) is 0 Å². The van der Waals surface area contributed by atoms with Crippen molar-refractivity contribution in [3.8, 4) is 0 Å². The number of nitrogens with one attached hydrogen (secondary N) is 1. The van der Waals surface area contributed by atoms with E-state index in [1.165, 1.54) is 0 Å². The number of carbonyl (C=O) groups is 1. The lowest BCUT2D eigenvalue weighted by Crippen LogP contribution is -2.14. The quantitative estimate of drug-likeness (QED) is 0.696. The number of aromatic nitrogens is 1. The highest BCUT2D eigenvalue weighted by Gasteiger charge is 2.30. The molecule has 0 aliphatic carbocycles. The SMILES string of the molecule is O=C(Nc1ccc(C(F)(F)F)cc1)c1ccc([N+](=O)[O-])cn1. The minimum Gasteiger partial charge on any atom is -0.321 e. The Balaban J connectivity index is 2.10. The van der Waals surface area contributed by atoms with Crippen LogP contribution in [0.1, 0.15) is 16.1 Å². The molecule has 0 saturated carbocycles. The predicted molar refractivity (Wildman–Crippen MR) is 70.3 cm³/mol. The van der Waals surface area contributed by atoms with E-state index in [0.717, 1.165) is 42.6 Å². The Labute approximate surface area is 121 Å². The molecule has 1 aromatic heterocycles. The Bertz CT molecular complexity index is 697. The molecule has 2 rings (SSSR count). The van der Waals surface area contributed by atoms with Crippen LogP contribution in [0, 0.1) is 10.1 Å². The van der Waals surface area contributed by atoms with E-state index in [-0.39, 0.29) is 17.1 Å². The topological polar surface area (TPSA) is 85.1 Å². The molecule has 1 heterocycles. The average molecular weight is 311 g/mol. The number of carbonyl (C=O) groups excluding carboxylic acids is 1. The molecule has 9 heteroatoms. The molecule has 0 unspecified atom stereocenters. The summed E-state index contributed by atoms with van der Waals surface area (Å²) in [5.74, 6) is -0.686. The third-order valence-corrected chi connectivity index (χ3v) is 2.66. The lowest BCUT2D eigenvalue weighted by Gasteiger charge is -2.08. The molecule has 22 heavy (non-hydrogen) atoms. The zero-order chi connectivity index (χ0) is 16.3. The molecule has 0 radical (unpaired) electrons. The summed E-state index contributed by atoms with van der Waals surface area (Å²) in [6.07, 6.45) is -3.54. The number of nitrogens with zero attached hydrogens (tertiary/aromatic N) is 2. The number of hydrogen-bond donors (Lipinski definition) is 1. The summed E-state index contributed by atoms with van der Waals surface area (Å²) in [4.78, 5) is 25.2. The lowest BCUT2D eigenvalue weighted by atomic mass is 10.2. The van der Waals surface area contributed by atoms with E-state index >= 15 is 0 Å². The first-order valence-electron chi connectivity index (χ1n) is 5.86. The molecule has 0 atom stereocenters. The van der Waals surface area contributed by atoms with Gasteiger partial charge in [-0.05, 0) is 30.3 Å². The fraction of sp³-hybridized carbons (Fsp3) is 0.0769. The number of amides is 1. The van der Waals surface area contributed by atoms with Crippen LogP contribution in [0.25, 0.3) is 0 Å². The van der Waals surface area contributed by atoms with Gasteiger partial charge in [-0.2, -0.15) is 13.2 Å². The van der Waals surface area contributed by atoms with Gasteiger partial charge < -0.3 is 5.32 Å². The molecule has 1 aromatic carbocycles. The zero-order valence-corrected chi connectivity index (χ0v) is 10.8. The van der Waals surface area contributed by atoms with Crippen LogP contribution in [0.5, 0.6) is 0 Å². The van der Waals surface area contributed by atoms with E-state index in [1.54, 1.807) is 0 Å². The Morgan fingerprint density at radius 3 is 2.23 bits per heavy atom. The summed E-state index contributed by atoms with van der Waals surface area (Å²) in [6.45, 7) is 0. The van der Waals surface area contributed by atoms with Crippen LogP contribution in [-0.2, 0) is 6.18 Å². The van der Waals surface area contributed by atoms with Gasteiger partial charge in [0.1, 0.15) is 11.9 Å². The molecule has 0 aliphatic heterocycles. The van der Waals surface area contributed by atoms with E-state index in [2.05, 4.69) is 10.3 Å². The molecule has 0 bridgehead atoms. The minimum atomic E-state index is -4.46. The van der Waals surface area contributed by atoms with Gasteiger partial charge in [-0.1, -0.05) is 0 Å². The minimum absolute atomic E-state index is 0.0921. The smallest absolute Gasteiger partial charge is 0.321 e. The molecule has 0 fully saturated rings. The number of anilines is 1. The van der Waals surface area contributed by atoms with Crippen molar-refractivity contribution in [2.45, 2.75) is 6.18 Å². The van der Waals surface area contributed by atoms with Gasteiger partial charge in [0.05, 0.1) is 10.5 Å². The Hall–Kier alpha value is -2.97. The highest BCUT2D eigenvalue weighted by atomic mass is 19.4. The molecule has 0 spiro atoms. The largest absolute Gasteiger partial charge is 0.416 e. The number of halogens is 3. The van der Waals surface area contributed by atoms with Crippen molar-refractivity contribution < 1.29 is 22.9 Å². The van der Waals surface area contributed by atoms with Crippen LogP contribution in [0.15, 0.2) is 42.6 Å². The molecular formula is C13H8F3N3O3. The van der Waals surface area contributed by atoms with Crippen molar-refractivity contribution in [3.05, 3.63) is 64.0 Å². The zero-order valence-electron chi connectivity index (χ0n) is 10.8. The average Bonchev–Trinajstić information content (AvgIpc) is 2.47. The molecule has 0 aliphatic rings. The summed E-state index contributed by atoms with van der Waals surface area (Å²) in [5.41, 5.74) is -1.05. The molecule has 6 nitrogen and oxygen atoms in total. The van der Waals surface area contributed by atoms with Gasteiger partial charge in [0.2, 0.25) is 0 Å². The Morgan fingerprint density at radius 2 is 1.77 bits per heavy atom. The molecule has 2 aromatic rings. The van der Waals surface area contributed by atoms with Crippen LogP contribution < -0.4 is 5.32 Å². The number of pyridine rings is 1. The maximum Gasteiger partial charge on any atom is 0.416 e. The van der Waals surface area contributed by atoms with E-state index < -0.39 is 22.6 Å². The molecule has 114 valence electrons. The summed E-state index contributed by atoms with van der Waals surface area (Å²) >= 11 is 0. The number of benzene rings is 1. The third-order valence-electron chi connectivity index (χ3n) is 2.66. The van der Waals surface area contributed by atoms with E-state index in [0.29, 0.717) is 0 Å². The number of alkyl halides is 3. The first kappa shape index (κ1) is 15.4. The molecule has 1 N–H and O–H groups in total. The van der Waals surface area contributed by atoms with Crippen LogP contribution in [0.3, 0.4) is 0 Å². The van der Waals surface area contributed by atoms with Crippen LogP contribution >= 0.6 is 0 Å². The second-order valence-electron chi connectivity index (χ2n) is 4.19. The maximum absolute atomic E-state index is 12.4. The van der Waals surface area contributed by atoms with Crippen molar-refractivity contribution in [3.63, 3.8) is 0 Å². The predicted octanol–water partition coefficient (Wildman–Crippen LogP) is 3.26. The number of hydrogen-bond acceptors (Lipinski definition) is 4. The first-order valence-corrected chi connectivity index (χ1v) is 5.86. The Kier molecular flexibility index (Phi) is 4.06.